The average Bonchev–Trinajstić information content (AvgIpc) is 3.31. The Morgan fingerprint density at radius 2 is 1.66 bits per heavy atom. The van der Waals surface area contributed by atoms with E-state index in [4.69, 9.17) is 0 Å². The van der Waals surface area contributed by atoms with Crippen molar-refractivity contribution in [2.75, 3.05) is 27.2 Å². The van der Waals surface area contributed by atoms with Crippen LogP contribution in [0.3, 0.4) is 0 Å². The molecule has 0 spiro atoms. The first-order valence-electron chi connectivity index (χ1n) is 10.9. The van der Waals surface area contributed by atoms with E-state index < -0.39 is 0 Å². The van der Waals surface area contributed by atoms with Crippen molar-refractivity contribution < 1.29 is 14.4 Å². The van der Waals surface area contributed by atoms with Crippen LogP contribution >= 0.6 is 0 Å². The van der Waals surface area contributed by atoms with E-state index in [1.807, 2.05) is 49.4 Å². The van der Waals surface area contributed by atoms with Crippen LogP contribution in [-0.2, 0) is 16.1 Å². The van der Waals surface area contributed by atoms with E-state index >= 15 is 0 Å². The highest BCUT2D eigenvalue weighted by molar-refractivity contribution is 6.02. The van der Waals surface area contributed by atoms with Crippen LogP contribution in [0.1, 0.15) is 47.7 Å². The minimum absolute atomic E-state index is 0.0570. The normalized spacial score (nSPS) is 13.0. The number of amides is 3. The molecule has 2 aromatic carbocycles. The number of nitrogens with zero attached hydrogens (tertiary/aromatic N) is 4. The smallest absolute Gasteiger partial charge is 0.253 e. The molecule has 1 aliphatic rings. The Kier molecular flexibility index (Phi) is 7.76. The molecule has 0 saturated heterocycles. The predicted molar refractivity (Wildman–Crippen MR) is 124 cm³/mol. The van der Waals surface area contributed by atoms with Crippen LogP contribution in [0.2, 0.25) is 0 Å². The molecule has 1 aliphatic heterocycles. The van der Waals surface area contributed by atoms with Gasteiger partial charge in [0.1, 0.15) is 0 Å². The Labute approximate surface area is 189 Å². The van der Waals surface area contributed by atoms with Crippen molar-refractivity contribution in [3.05, 3.63) is 71.3 Å². The molecule has 32 heavy (non-hydrogen) atoms. The maximum absolute atomic E-state index is 12.7. The summed E-state index contributed by atoms with van der Waals surface area (Å²) in [5.41, 5.74) is 3.48. The van der Waals surface area contributed by atoms with Crippen molar-refractivity contribution in [3.8, 4) is 0 Å². The van der Waals surface area contributed by atoms with E-state index in [1.54, 1.807) is 31.1 Å². The minimum Gasteiger partial charge on any atom is -0.345 e. The van der Waals surface area contributed by atoms with Gasteiger partial charge in [-0.25, -0.2) is 5.01 Å². The van der Waals surface area contributed by atoms with Gasteiger partial charge in [-0.2, -0.15) is 5.10 Å². The highest BCUT2D eigenvalue weighted by Gasteiger charge is 2.23. The highest BCUT2D eigenvalue weighted by Crippen LogP contribution is 2.16. The van der Waals surface area contributed by atoms with Crippen LogP contribution in [0.15, 0.2) is 59.7 Å². The molecule has 7 nitrogen and oxygen atoms in total. The van der Waals surface area contributed by atoms with Gasteiger partial charge in [0.15, 0.2) is 0 Å². The summed E-state index contributed by atoms with van der Waals surface area (Å²) in [6, 6.07) is 17.1. The molecule has 3 amide bonds. The second-order valence-electron chi connectivity index (χ2n) is 7.98. The average molecular weight is 435 g/mol. The minimum atomic E-state index is -0.133. The van der Waals surface area contributed by atoms with Gasteiger partial charge in [0, 0.05) is 52.0 Å². The van der Waals surface area contributed by atoms with Crippen molar-refractivity contribution >= 4 is 23.4 Å². The van der Waals surface area contributed by atoms with E-state index in [1.165, 1.54) is 9.91 Å². The zero-order valence-electron chi connectivity index (χ0n) is 19.0. The summed E-state index contributed by atoms with van der Waals surface area (Å²) < 4.78 is 0. The third-order valence-electron chi connectivity index (χ3n) is 5.46. The lowest BCUT2D eigenvalue weighted by Crippen LogP contribution is -2.32. The fourth-order valence-corrected chi connectivity index (χ4v) is 3.58. The first-order chi connectivity index (χ1) is 15.4. The summed E-state index contributed by atoms with van der Waals surface area (Å²) in [5.74, 6) is -0.258. The highest BCUT2D eigenvalue weighted by atomic mass is 16.2. The summed E-state index contributed by atoms with van der Waals surface area (Å²) in [5, 5.41) is 5.93. The maximum Gasteiger partial charge on any atom is 0.253 e. The fraction of sp³-hybridized carbons (Fsp3) is 0.360. The van der Waals surface area contributed by atoms with Gasteiger partial charge < -0.3 is 9.80 Å². The zero-order valence-corrected chi connectivity index (χ0v) is 19.0. The maximum atomic E-state index is 12.7. The quantitative estimate of drug-likeness (QED) is 0.641. The Morgan fingerprint density at radius 3 is 2.28 bits per heavy atom. The summed E-state index contributed by atoms with van der Waals surface area (Å²) in [6.07, 6.45) is 1.00. The van der Waals surface area contributed by atoms with Crippen LogP contribution in [-0.4, -0.2) is 65.4 Å². The molecule has 0 atom stereocenters. The first-order valence-corrected chi connectivity index (χ1v) is 10.9. The van der Waals surface area contributed by atoms with E-state index in [0.717, 1.165) is 23.3 Å². The van der Waals surface area contributed by atoms with Gasteiger partial charge in [0.25, 0.3) is 5.91 Å². The Bertz CT molecular complexity index is 984. The SMILES string of the molecule is CCN(Cc1ccc(C(=O)N(C)C)cc1)C(=O)CCC(=O)N1CCC(c2ccccc2)=N1. The molecule has 3 rings (SSSR count). The molecular formula is C25H30N4O3. The monoisotopic (exact) mass is 434 g/mol. The third-order valence-corrected chi connectivity index (χ3v) is 5.46. The van der Waals surface area contributed by atoms with Crippen LogP contribution < -0.4 is 0 Å². The van der Waals surface area contributed by atoms with E-state index in [0.29, 0.717) is 25.2 Å². The van der Waals surface area contributed by atoms with Crippen LogP contribution in [0, 0.1) is 0 Å². The molecule has 0 fully saturated rings. The van der Waals surface area contributed by atoms with Crippen LogP contribution in [0.5, 0.6) is 0 Å². The molecule has 0 unspecified atom stereocenters. The van der Waals surface area contributed by atoms with Crippen molar-refractivity contribution in [1.82, 2.24) is 14.8 Å². The number of carbonyl (C=O) groups is 3. The summed E-state index contributed by atoms with van der Waals surface area (Å²) in [6.45, 7) is 3.46. The lowest BCUT2D eigenvalue weighted by molar-refractivity contribution is -0.137. The van der Waals surface area contributed by atoms with E-state index in [-0.39, 0.29) is 30.6 Å². The molecule has 0 aliphatic carbocycles. The van der Waals surface area contributed by atoms with Crippen LogP contribution in [0.25, 0.3) is 0 Å². The molecule has 0 saturated carbocycles. The third kappa shape index (κ3) is 5.81. The molecule has 168 valence electrons. The Hall–Kier alpha value is -3.48. The van der Waals surface area contributed by atoms with E-state index in [9.17, 15) is 14.4 Å². The molecular weight excluding hydrogens is 404 g/mol. The number of hydrazone groups is 1. The molecule has 0 bridgehead atoms. The number of carbonyl (C=O) groups excluding carboxylic acids is 3. The number of hydrogen-bond acceptors (Lipinski definition) is 4. The Balaban J connectivity index is 1.52. The van der Waals surface area contributed by atoms with Gasteiger partial charge in [-0.3, -0.25) is 14.4 Å². The van der Waals surface area contributed by atoms with Gasteiger partial charge in [-0.05, 0) is 30.2 Å². The summed E-state index contributed by atoms with van der Waals surface area (Å²) in [4.78, 5) is 40.5. The van der Waals surface area contributed by atoms with Crippen molar-refractivity contribution in [2.45, 2.75) is 32.7 Å². The second kappa shape index (κ2) is 10.7. The number of hydrogen-bond donors (Lipinski definition) is 0. The topological polar surface area (TPSA) is 73.3 Å². The van der Waals surface area contributed by atoms with Gasteiger partial charge in [-0.15, -0.1) is 0 Å². The molecule has 0 radical (unpaired) electrons. The molecule has 2 aromatic rings. The predicted octanol–water partition coefficient (Wildman–Crippen LogP) is 3.15. The standard InChI is InChI=1S/C25H30N4O3/c1-4-28(18-19-10-12-21(13-11-19)25(32)27(2)3)23(30)14-15-24(31)29-17-16-22(26-29)20-8-6-5-7-9-20/h5-13H,4,14-18H2,1-3H3. The summed E-state index contributed by atoms with van der Waals surface area (Å²) in [7, 11) is 3.43. The number of rotatable bonds is 8. The lowest BCUT2D eigenvalue weighted by atomic mass is 10.1. The molecule has 7 heteroatoms. The first kappa shape index (κ1) is 23.2. The fourth-order valence-electron chi connectivity index (χ4n) is 3.58. The van der Waals surface area contributed by atoms with Crippen molar-refractivity contribution in [2.24, 2.45) is 5.10 Å². The van der Waals surface area contributed by atoms with Crippen molar-refractivity contribution in [1.29, 1.82) is 0 Å². The number of benzene rings is 2. The van der Waals surface area contributed by atoms with Gasteiger partial charge in [-0.1, -0.05) is 42.5 Å². The van der Waals surface area contributed by atoms with Crippen LogP contribution in [0.4, 0.5) is 0 Å². The van der Waals surface area contributed by atoms with Crippen molar-refractivity contribution in [3.63, 3.8) is 0 Å². The summed E-state index contributed by atoms with van der Waals surface area (Å²) >= 11 is 0. The molecule has 0 aromatic heterocycles. The van der Waals surface area contributed by atoms with Gasteiger partial charge in [0.2, 0.25) is 11.8 Å². The zero-order chi connectivity index (χ0) is 23.1. The Morgan fingerprint density at radius 1 is 0.969 bits per heavy atom. The molecule has 1 heterocycles. The lowest BCUT2D eigenvalue weighted by Gasteiger charge is -2.21. The molecule has 0 N–H and O–H groups in total. The van der Waals surface area contributed by atoms with Gasteiger partial charge >= 0.3 is 0 Å². The second-order valence-corrected chi connectivity index (χ2v) is 7.98. The van der Waals surface area contributed by atoms with Gasteiger partial charge in [0.05, 0.1) is 12.3 Å². The largest absolute Gasteiger partial charge is 0.345 e. The van der Waals surface area contributed by atoms with E-state index in [2.05, 4.69) is 5.10 Å².